The molecular formula is C21H28N2O2. The fourth-order valence-corrected chi connectivity index (χ4v) is 6.12. The predicted octanol–water partition coefficient (Wildman–Crippen LogP) is 3.39. The molecule has 1 aromatic rings. The van der Waals surface area contributed by atoms with Crippen LogP contribution in [-0.2, 0) is 15.0 Å². The number of amides is 2. The highest BCUT2D eigenvalue weighted by atomic mass is 16.2. The van der Waals surface area contributed by atoms with Gasteiger partial charge in [-0.05, 0) is 68.3 Å². The normalized spacial score (nSPS) is 35.4. The number of rotatable bonds is 3. The smallest absolute Gasteiger partial charge is 0.244 e. The third-order valence-electron chi connectivity index (χ3n) is 6.84. The van der Waals surface area contributed by atoms with E-state index in [-0.39, 0.29) is 22.6 Å². The summed E-state index contributed by atoms with van der Waals surface area (Å²) in [4.78, 5) is 24.6. The molecule has 2 N–H and O–H groups in total. The SMILES string of the molecule is CCC(=O)NNC(=O)C12C[C@@H]3C[C@@H](C1)CC(c1ccc(C)cc1)(C3)C2. The van der Waals surface area contributed by atoms with Crippen molar-refractivity contribution in [2.24, 2.45) is 17.3 Å². The Hall–Kier alpha value is -1.84. The molecule has 4 bridgehead atoms. The van der Waals surface area contributed by atoms with Crippen molar-refractivity contribution in [3.63, 3.8) is 0 Å². The van der Waals surface area contributed by atoms with Gasteiger partial charge >= 0.3 is 0 Å². The maximum absolute atomic E-state index is 13.0. The van der Waals surface area contributed by atoms with Gasteiger partial charge in [-0.1, -0.05) is 36.8 Å². The Balaban J connectivity index is 1.61. The number of nitrogens with one attached hydrogen (secondary N) is 2. The Morgan fingerprint density at radius 2 is 1.68 bits per heavy atom. The first kappa shape index (κ1) is 16.6. The largest absolute Gasteiger partial charge is 0.273 e. The van der Waals surface area contributed by atoms with Gasteiger partial charge in [0.25, 0.3) is 0 Å². The van der Waals surface area contributed by atoms with Crippen LogP contribution in [0.4, 0.5) is 0 Å². The molecule has 0 radical (unpaired) electrons. The second-order valence-electron chi connectivity index (χ2n) is 8.74. The molecule has 134 valence electrons. The van der Waals surface area contributed by atoms with Crippen LogP contribution in [0, 0.1) is 24.2 Å². The number of hydrazine groups is 1. The van der Waals surface area contributed by atoms with Gasteiger partial charge < -0.3 is 0 Å². The maximum atomic E-state index is 13.0. The highest BCUT2D eigenvalue weighted by Gasteiger charge is 2.60. The van der Waals surface area contributed by atoms with Crippen LogP contribution in [0.1, 0.15) is 63.0 Å². The molecule has 4 heteroatoms. The topological polar surface area (TPSA) is 58.2 Å². The summed E-state index contributed by atoms with van der Waals surface area (Å²) >= 11 is 0. The average molecular weight is 340 g/mol. The fourth-order valence-electron chi connectivity index (χ4n) is 6.12. The van der Waals surface area contributed by atoms with E-state index >= 15 is 0 Å². The van der Waals surface area contributed by atoms with E-state index in [9.17, 15) is 9.59 Å². The molecule has 0 aliphatic heterocycles. The molecule has 4 fully saturated rings. The Morgan fingerprint density at radius 3 is 2.28 bits per heavy atom. The average Bonchev–Trinajstić information content (AvgIpc) is 2.58. The second kappa shape index (κ2) is 5.86. The molecule has 4 aliphatic carbocycles. The molecule has 0 unspecified atom stereocenters. The lowest BCUT2D eigenvalue weighted by molar-refractivity contribution is -0.151. The molecule has 5 rings (SSSR count). The van der Waals surface area contributed by atoms with Crippen molar-refractivity contribution in [1.29, 1.82) is 0 Å². The number of hydrogen-bond donors (Lipinski definition) is 2. The molecule has 4 nitrogen and oxygen atoms in total. The molecule has 25 heavy (non-hydrogen) atoms. The third-order valence-corrected chi connectivity index (χ3v) is 6.84. The molecule has 2 atom stereocenters. The molecule has 0 spiro atoms. The molecule has 0 heterocycles. The van der Waals surface area contributed by atoms with Gasteiger partial charge in [0.15, 0.2) is 0 Å². The van der Waals surface area contributed by atoms with Gasteiger partial charge in [-0.3, -0.25) is 20.4 Å². The van der Waals surface area contributed by atoms with Gasteiger partial charge in [0.2, 0.25) is 11.8 Å². The lowest BCUT2D eigenvalue weighted by atomic mass is 9.42. The molecule has 1 aromatic carbocycles. The zero-order valence-electron chi connectivity index (χ0n) is 15.2. The van der Waals surface area contributed by atoms with Gasteiger partial charge in [0, 0.05) is 6.42 Å². The van der Waals surface area contributed by atoms with E-state index < -0.39 is 0 Å². The van der Waals surface area contributed by atoms with Crippen molar-refractivity contribution in [2.45, 2.75) is 64.2 Å². The third kappa shape index (κ3) is 2.76. The standard InChI is InChI=1S/C21H28N2O2/c1-3-18(24)22-23-19(25)21-11-15-8-16(12-21)10-20(9-15,13-21)17-6-4-14(2)5-7-17/h4-7,15-16H,3,8-13H2,1-2H3,(H,22,24)(H,23,25)/t15-,16-,20?,21?/m1/s1. The van der Waals surface area contributed by atoms with Crippen LogP contribution in [0.2, 0.25) is 0 Å². The molecule has 0 saturated heterocycles. The summed E-state index contributed by atoms with van der Waals surface area (Å²) in [7, 11) is 0. The summed E-state index contributed by atoms with van der Waals surface area (Å²) in [5, 5.41) is 0. The van der Waals surface area contributed by atoms with Crippen molar-refractivity contribution >= 4 is 11.8 Å². The van der Waals surface area contributed by atoms with Gasteiger partial charge in [-0.2, -0.15) is 0 Å². The number of carbonyl (C=O) groups is 2. The first-order valence-electron chi connectivity index (χ1n) is 9.61. The summed E-state index contributed by atoms with van der Waals surface area (Å²) in [6.45, 7) is 3.91. The summed E-state index contributed by atoms with van der Waals surface area (Å²) in [6, 6.07) is 8.93. The van der Waals surface area contributed by atoms with Crippen LogP contribution in [0.25, 0.3) is 0 Å². The number of hydrogen-bond acceptors (Lipinski definition) is 2. The quantitative estimate of drug-likeness (QED) is 0.829. The van der Waals surface area contributed by atoms with Gasteiger partial charge in [-0.25, -0.2) is 0 Å². The van der Waals surface area contributed by atoms with Crippen molar-refractivity contribution < 1.29 is 9.59 Å². The maximum Gasteiger partial charge on any atom is 0.244 e. The van der Waals surface area contributed by atoms with Crippen molar-refractivity contribution in [3.8, 4) is 0 Å². The van der Waals surface area contributed by atoms with Crippen molar-refractivity contribution in [3.05, 3.63) is 35.4 Å². The van der Waals surface area contributed by atoms with E-state index in [4.69, 9.17) is 0 Å². The van der Waals surface area contributed by atoms with Crippen LogP contribution in [0.5, 0.6) is 0 Å². The van der Waals surface area contributed by atoms with Crippen LogP contribution in [-0.4, -0.2) is 11.8 Å². The second-order valence-corrected chi connectivity index (χ2v) is 8.74. The summed E-state index contributed by atoms with van der Waals surface area (Å²) < 4.78 is 0. The number of benzene rings is 1. The minimum Gasteiger partial charge on any atom is -0.273 e. The summed E-state index contributed by atoms with van der Waals surface area (Å²) in [6.07, 6.45) is 6.95. The fraction of sp³-hybridized carbons (Fsp3) is 0.619. The lowest BCUT2D eigenvalue weighted by Crippen LogP contribution is -2.60. The number of aryl methyl sites for hydroxylation is 1. The molecule has 0 aromatic heterocycles. The van der Waals surface area contributed by atoms with Gasteiger partial charge in [0.1, 0.15) is 0 Å². The van der Waals surface area contributed by atoms with Crippen LogP contribution < -0.4 is 10.9 Å². The van der Waals surface area contributed by atoms with E-state index in [1.807, 2.05) is 0 Å². The van der Waals surface area contributed by atoms with E-state index in [0.29, 0.717) is 18.3 Å². The molecule has 4 aliphatic rings. The Kier molecular flexibility index (Phi) is 3.89. The van der Waals surface area contributed by atoms with Crippen molar-refractivity contribution in [2.75, 3.05) is 0 Å². The predicted molar refractivity (Wildman–Crippen MR) is 96.5 cm³/mol. The van der Waals surface area contributed by atoms with Crippen molar-refractivity contribution in [1.82, 2.24) is 10.9 Å². The van der Waals surface area contributed by atoms with E-state index in [1.54, 1.807) is 6.92 Å². The molecule has 4 saturated carbocycles. The zero-order valence-corrected chi connectivity index (χ0v) is 15.2. The van der Waals surface area contributed by atoms with E-state index in [1.165, 1.54) is 30.4 Å². The first-order valence-corrected chi connectivity index (χ1v) is 9.61. The highest BCUT2D eigenvalue weighted by Crippen LogP contribution is 2.65. The molecular weight excluding hydrogens is 312 g/mol. The number of carbonyl (C=O) groups excluding carboxylic acids is 2. The van der Waals surface area contributed by atoms with E-state index in [2.05, 4.69) is 42.0 Å². The minimum atomic E-state index is -0.310. The zero-order chi connectivity index (χ0) is 17.7. The summed E-state index contributed by atoms with van der Waals surface area (Å²) in [5.74, 6) is 1.16. The minimum absolute atomic E-state index is 0.0277. The van der Waals surface area contributed by atoms with Gasteiger partial charge in [-0.15, -0.1) is 0 Å². The Labute approximate surface area is 149 Å². The van der Waals surface area contributed by atoms with Crippen LogP contribution in [0.3, 0.4) is 0 Å². The van der Waals surface area contributed by atoms with Gasteiger partial charge in [0.05, 0.1) is 5.41 Å². The Bertz CT molecular complexity index is 680. The lowest BCUT2D eigenvalue weighted by Gasteiger charge is -2.61. The van der Waals surface area contributed by atoms with Crippen LogP contribution >= 0.6 is 0 Å². The summed E-state index contributed by atoms with van der Waals surface area (Å²) in [5.41, 5.74) is 7.83. The highest BCUT2D eigenvalue weighted by molar-refractivity contribution is 5.86. The Morgan fingerprint density at radius 1 is 1.04 bits per heavy atom. The molecule has 2 amide bonds. The van der Waals surface area contributed by atoms with E-state index in [0.717, 1.165) is 19.3 Å². The van der Waals surface area contributed by atoms with Crippen LogP contribution in [0.15, 0.2) is 24.3 Å². The first-order chi connectivity index (χ1) is 11.9. The monoisotopic (exact) mass is 340 g/mol.